The number of ketones is 1. The number of aromatic nitrogens is 1. The van der Waals surface area contributed by atoms with Crippen LogP contribution in [-0.4, -0.2) is 54.1 Å². The molecule has 0 aliphatic carbocycles. The van der Waals surface area contributed by atoms with E-state index < -0.39 is 5.54 Å². The lowest BCUT2D eigenvalue weighted by Crippen LogP contribution is -2.42. The van der Waals surface area contributed by atoms with Gasteiger partial charge in [-0.25, -0.2) is 0 Å². The minimum Gasteiger partial charge on any atom is -0.497 e. The minimum atomic E-state index is -1.21. The van der Waals surface area contributed by atoms with Crippen molar-refractivity contribution in [2.45, 2.75) is 18.4 Å². The van der Waals surface area contributed by atoms with Gasteiger partial charge in [-0.15, -0.1) is 0 Å². The van der Waals surface area contributed by atoms with Crippen LogP contribution in [0, 0.1) is 0 Å². The molecule has 2 aliphatic heterocycles. The van der Waals surface area contributed by atoms with Crippen molar-refractivity contribution >= 4 is 40.6 Å². The molecule has 0 bridgehead atoms. The van der Waals surface area contributed by atoms with E-state index in [1.54, 1.807) is 49.6 Å². The number of hydrogen-bond acceptors (Lipinski definition) is 6. The van der Waals surface area contributed by atoms with Crippen LogP contribution in [0.2, 0.25) is 0 Å². The molecule has 3 heterocycles. The van der Waals surface area contributed by atoms with Crippen LogP contribution in [-0.2, 0) is 16.8 Å². The number of nitrogens with zero attached hydrogens (tertiary/aromatic N) is 1. The molecule has 3 aromatic carbocycles. The number of anilines is 1. The van der Waals surface area contributed by atoms with Gasteiger partial charge in [-0.1, -0.05) is 30.3 Å². The van der Waals surface area contributed by atoms with Gasteiger partial charge in [0.25, 0.3) is 11.8 Å². The number of para-hydroxylation sites is 1. The molecular weight excluding hydrogens is 496 g/mol. The summed E-state index contributed by atoms with van der Waals surface area (Å²) in [5, 5.41) is 7.02. The number of methoxy groups -OCH3 is 1. The zero-order chi connectivity index (χ0) is 27.1. The van der Waals surface area contributed by atoms with Crippen LogP contribution in [0.4, 0.5) is 5.69 Å². The third-order valence-corrected chi connectivity index (χ3v) is 7.64. The Hall–Kier alpha value is -4.92. The molecule has 3 N–H and O–H groups in total. The van der Waals surface area contributed by atoms with Gasteiger partial charge in [-0.05, 0) is 42.3 Å². The highest BCUT2D eigenvalue weighted by Crippen LogP contribution is 2.45. The standard InChI is InChI=1S/C30H26N4O5/c1-39-18-10-11-23-25(16-18)33-30(27(23)36,13-14-31-17-35)26-20(19-6-4-5-9-24(19)32-26)12-15-34-28(37)21-7-2-3-8-22(21)29(34)38/h2-11,16-17,32-33H,12-15H2,1H3,(H,31,35). The van der Waals surface area contributed by atoms with E-state index in [-0.39, 0.29) is 37.1 Å². The summed E-state index contributed by atoms with van der Waals surface area (Å²) >= 11 is 0. The first-order valence-corrected chi connectivity index (χ1v) is 12.7. The van der Waals surface area contributed by atoms with Crippen LogP contribution in [0.1, 0.15) is 48.8 Å². The van der Waals surface area contributed by atoms with Crippen LogP contribution < -0.4 is 15.4 Å². The van der Waals surface area contributed by atoms with Gasteiger partial charge in [-0.2, -0.15) is 0 Å². The molecule has 6 rings (SSSR count). The molecule has 0 saturated carbocycles. The molecule has 196 valence electrons. The number of amides is 3. The Morgan fingerprint density at radius 2 is 1.67 bits per heavy atom. The zero-order valence-electron chi connectivity index (χ0n) is 21.2. The number of rotatable bonds is 9. The van der Waals surface area contributed by atoms with Crippen LogP contribution >= 0.6 is 0 Å². The zero-order valence-corrected chi connectivity index (χ0v) is 21.2. The van der Waals surface area contributed by atoms with E-state index in [1.807, 2.05) is 24.3 Å². The second kappa shape index (κ2) is 9.43. The second-order valence-electron chi connectivity index (χ2n) is 9.67. The number of aromatic amines is 1. The van der Waals surface area contributed by atoms with Gasteiger partial charge in [0.2, 0.25) is 6.41 Å². The number of Topliss-reactive ketones (excluding diaryl/α,β-unsaturated/α-hetero) is 1. The Balaban J connectivity index is 1.43. The molecule has 9 heteroatoms. The molecule has 9 nitrogen and oxygen atoms in total. The first kappa shape index (κ1) is 24.4. The Bertz CT molecular complexity index is 1620. The summed E-state index contributed by atoms with van der Waals surface area (Å²) in [5.41, 5.74) is 3.05. The van der Waals surface area contributed by atoms with Gasteiger partial charge in [0.1, 0.15) is 11.3 Å². The van der Waals surface area contributed by atoms with Crippen molar-refractivity contribution in [3.63, 3.8) is 0 Å². The van der Waals surface area contributed by atoms with E-state index in [4.69, 9.17) is 4.74 Å². The Morgan fingerprint density at radius 1 is 0.949 bits per heavy atom. The average molecular weight is 523 g/mol. The molecule has 0 radical (unpaired) electrons. The summed E-state index contributed by atoms with van der Waals surface area (Å²) in [4.78, 5) is 56.0. The van der Waals surface area contributed by atoms with Crippen molar-refractivity contribution < 1.29 is 23.9 Å². The van der Waals surface area contributed by atoms with Crippen molar-refractivity contribution in [1.82, 2.24) is 15.2 Å². The number of H-pyrrole nitrogens is 1. The van der Waals surface area contributed by atoms with E-state index >= 15 is 0 Å². The maximum atomic E-state index is 14.1. The van der Waals surface area contributed by atoms with Crippen LogP contribution in [0.25, 0.3) is 10.9 Å². The van der Waals surface area contributed by atoms with Crippen molar-refractivity contribution in [1.29, 1.82) is 0 Å². The fourth-order valence-corrected chi connectivity index (χ4v) is 5.75. The third kappa shape index (κ3) is 3.77. The van der Waals surface area contributed by atoms with Crippen LogP contribution in [0.5, 0.6) is 5.75 Å². The molecule has 0 saturated heterocycles. The van der Waals surface area contributed by atoms with E-state index in [0.717, 1.165) is 16.5 Å². The average Bonchev–Trinajstić information content (AvgIpc) is 3.56. The SMILES string of the molecule is COc1ccc2c(c1)NC(CCNC=O)(c1[nH]c3ccccc3c1CCN1C(=O)c3ccccc3C1=O)C2=O. The molecular formula is C30H26N4O5. The molecule has 2 aliphatic rings. The highest BCUT2D eigenvalue weighted by molar-refractivity contribution is 6.21. The number of carbonyl (C=O) groups excluding carboxylic acids is 4. The largest absolute Gasteiger partial charge is 0.497 e. The van der Waals surface area contributed by atoms with E-state index in [9.17, 15) is 19.2 Å². The fraction of sp³-hybridized carbons (Fsp3) is 0.200. The third-order valence-electron chi connectivity index (χ3n) is 7.64. The van der Waals surface area contributed by atoms with Gasteiger partial charge in [0.15, 0.2) is 5.78 Å². The minimum absolute atomic E-state index is 0.138. The normalized spacial score (nSPS) is 17.8. The molecule has 0 fully saturated rings. The number of carbonyl (C=O) groups is 4. The lowest BCUT2D eigenvalue weighted by atomic mass is 9.83. The van der Waals surface area contributed by atoms with Crippen molar-refractivity contribution in [2.24, 2.45) is 0 Å². The maximum absolute atomic E-state index is 14.1. The van der Waals surface area contributed by atoms with Crippen molar-refractivity contribution in [2.75, 3.05) is 25.5 Å². The van der Waals surface area contributed by atoms with Gasteiger partial charge in [0.05, 0.1) is 23.9 Å². The van der Waals surface area contributed by atoms with Crippen LogP contribution in [0.3, 0.4) is 0 Å². The number of imide groups is 1. The highest BCUT2D eigenvalue weighted by Gasteiger charge is 2.49. The first-order chi connectivity index (χ1) is 19.0. The van der Waals surface area contributed by atoms with Gasteiger partial charge < -0.3 is 20.4 Å². The molecule has 1 atom stereocenters. The summed E-state index contributed by atoms with van der Waals surface area (Å²) in [6.45, 7) is 0.402. The number of fused-ring (bicyclic) bond motifs is 3. The molecule has 0 spiro atoms. The summed E-state index contributed by atoms with van der Waals surface area (Å²) in [7, 11) is 1.56. The van der Waals surface area contributed by atoms with E-state index in [1.165, 1.54) is 4.90 Å². The Kier molecular flexibility index (Phi) is 5.91. The lowest BCUT2D eigenvalue weighted by molar-refractivity contribution is -0.109. The lowest BCUT2D eigenvalue weighted by Gasteiger charge is -2.29. The van der Waals surface area contributed by atoms with E-state index in [0.29, 0.717) is 46.7 Å². The highest BCUT2D eigenvalue weighted by atomic mass is 16.5. The summed E-state index contributed by atoms with van der Waals surface area (Å²) in [5.74, 6) is -0.173. The molecule has 1 aromatic heterocycles. The number of hydrogen-bond donors (Lipinski definition) is 3. The summed E-state index contributed by atoms with van der Waals surface area (Å²) < 4.78 is 5.37. The van der Waals surface area contributed by atoms with Crippen LogP contribution in [0.15, 0.2) is 66.7 Å². The van der Waals surface area contributed by atoms with E-state index in [2.05, 4.69) is 15.6 Å². The molecule has 4 aromatic rings. The second-order valence-corrected chi connectivity index (χ2v) is 9.67. The maximum Gasteiger partial charge on any atom is 0.261 e. The van der Waals surface area contributed by atoms with Gasteiger partial charge in [0, 0.05) is 47.7 Å². The molecule has 3 amide bonds. The molecule has 39 heavy (non-hydrogen) atoms. The number of benzene rings is 3. The quantitative estimate of drug-likeness (QED) is 0.175. The molecule has 1 unspecified atom stereocenters. The number of ether oxygens (including phenoxy) is 1. The first-order valence-electron chi connectivity index (χ1n) is 12.7. The van der Waals surface area contributed by atoms with Gasteiger partial charge in [-0.3, -0.25) is 24.1 Å². The number of nitrogens with one attached hydrogen (secondary N) is 3. The predicted octanol–water partition coefficient (Wildman–Crippen LogP) is 3.66. The monoisotopic (exact) mass is 522 g/mol. The predicted molar refractivity (Wildman–Crippen MR) is 145 cm³/mol. The summed E-state index contributed by atoms with van der Waals surface area (Å²) in [6, 6.07) is 19.8. The fourth-order valence-electron chi connectivity index (χ4n) is 5.75. The van der Waals surface area contributed by atoms with Gasteiger partial charge >= 0.3 is 0 Å². The summed E-state index contributed by atoms with van der Waals surface area (Å²) in [6.07, 6.45) is 1.22. The van der Waals surface area contributed by atoms with Crippen molar-refractivity contribution in [3.05, 3.63) is 94.7 Å². The topological polar surface area (TPSA) is 121 Å². The Labute approximate surface area is 224 Å². The Morgan fingerprint density at radius 3 is 2.38 bits per heavy atom. The van der Waals surface area contributed by atoms with Crippen molar-refractivity contribution in [3.8, 4) is 5.75 Å². The smallest absolute Gasteiger partial charge is 0.261 e.